The molecule has 1 rings (SSSR count). The molecule has 1 aromatic heterocycles. The average Bonchev–Trinajstić information content (AvgIpc) is 2.43. The zero-order valence-electron chi connectivity index (χ0n) is 12.0. The first kappa shape index (κ1) is 16.6. The summed E-state index contributed by atoms with van der Waals surface area (Å²) < 4.78 is 25.6. The van der Waals surface area contributed by atoms with Crippen LogP contribution < -0.4 is 10.0 Å². The second-order valence-electron chi connectivity index (χ2n) is 4.82. The number of sulfonamides is 1. The van der Waals surface area contributed by atoms with Gasteiger partial charge in [-0.05, 0) is 24.5 Å². The monoisotopic (exact) mass is 299 g/mol. The highest BCUT2D eigenvalue weighted by molar-refractivity contribution is 7.89. The standard InChI is InChI=1S/C13H21N3O3S/c1-4-20(18,19)16-12(10(2)3)13(17)15-9-11-6-5-7-14-8-11/h5-8,10,12,16H,4,9H2,1-3H3,(H,15,17)/t12-/m1/s1. The third kappa shape index (κ3) is 5.26. The highest BCUT2D eigenvalue weighted by atomic mass is 32.2. The van der Waals surface area contributed by atoms with Crippen LogP contribution in [0, 0.1) is 5.92 Å². The van der Waals surface area contributed by atoms with Crippen molar-refractivity contribution in [3.8, 4) is 0 Å². The zero-order valence-corrected chi connectivity index (χ0v) is 12.8. The summed E-state index contributed by atoms with van der Waals surface area (Å²) in [6.07, 6.45) is 3.30. The molecule has 0 unspecified atom stereocenters. The topological polar surface area (TPSA) is 88.2 Å². The number of nitrogens with zero attached hydrogens (tertiary/aromatic N) is 1. The summed E-state index contributed by atoms with van der Waals surface area (Å²) in [4.78, 5) is 16.0. The fraction of sp³-hybridized carbons (Fsp3) is 0.538. The molecule has 1 aromatic rings. The van der Waals surface area contributed by atoms with E-state index < -0.39 is 16.1 Å². The number of carbonyl (C=O) groups excluding carboxylic acids is 1. The Morgan fingerprint density at radius 1 is 1.40 bits per heavy atom. The third-order valence-corrected chi connectivity index (χ3v) is 4.20. The van der Waals surface area contributed by atoms with Crippen LogP contribution in [0.4, 0.5) is 0 Å². The van der Waals surface area contributed by atoms with Crippen molar-refractivity contribution < 1.29 is 13.2 Å². The summed E-state index contributed by atoms with van der Waals surface area (Å²) in [5, 5.41) is 2.72. The molecule has 20 heavy (non-hydrogen) atoms. The number of carbonyl (C=O) groups is 1. The molecular formula is C13H21N3O3S. The number of hydrogen-bond acceptors (Lipinski definition) is 4. The van der Waals surface area contributed by atoms with Crippen molar-refractivity contribution in [2.24, 2.45) is 5.92 Å². The smallest absolute Gasteiger partial charge is 0.238 e. The molecule has 1 atom stereocenters. The van der Waals surface area contributed by atoms with Crippen LogP contribution in [0.3, 0.4) is 0 Å². The Kier molecular flexibility index (Phi) is 6.09. The molecule has 0 aliphatic carbocycles. The van der Waals surface area contributed by atoms with E-state index in [0.29, 0.717) is 6.54 Å². The third-order valence-electron chi connectivity index (χ3n) is 2.83. The summed E-state index contributed by atoms with van der Waals surface area (Å²) in [6, 6.07) is 2.85. The van der Waals surface area contributed by atoms with E-state index >= 15 is 0 Å². The number of pyridine rings is 1. The minimum absolute atomic E-state index is 0.0495. The Hall–Kier alpha value is -1.47. The van der Waals surface area contributed by atoms with Gasteiger partial charge in [0.05, 0.1) is 5.75 Å². The molecule has 2 N–H and O–H groups in total. The number of hydrogen-bond donors (Lipinski definition) is 2. The van der Waals surface area contributed by atoms with Crippen molar-refractivity contribution in [3.63, 3.8) is 0 Å². The highest BCUT2D eigenvalue weighted by Gasteiger charge is 2.26. The predicted molar refractivity (Wildman–Crippen MR) is 77.3 cm³/mol. The van der Waals surface area contributed by atoms with Gasteiger partial charge in [-0.25, -0.2) is 13.1 Å². The molecule has 0 aliphatic rings. The van der Waals surface area contributed by atoms with Crippen molar-refractivity contribution in [1.82, 2.24) is 15.0 Å². The maximum Gasteiger partial charge on any atom is 0.238 e. The first-order valence-electron chi connectivity index (χ1n) is 6.52. The molecule has 1 amide bonds. The van der Waals surface area contributed by atoms with E-state index in [9.17, 15) is 13.2 Å². The molecule has 1 heterocycles. The Morgan fingerprint density at radius 3 is 2.60 bits per heavy atom. The van der Waals surface area contributed by atoms with Crippen LogP contribution >= 0.6 is 0 Å². The minimum atomic E-state index is -3.41. The molecule has 112 valence electrons. The first-order chi connectivity index (χ1) is 9.35. The molecule has 6 nitrogen and oxygen atoms in total. The number of nitrogens with one attached hydrogen (secondary N) is 2. The van der Waals surface area contributed by atoms with Crippen LogP contribution in [0.1, 0.15) is 26.3 Å². The lowest BCUT2D eigenvalue weighted by atomic mass is 10.0. The Bertz CT molecular complexity index is 529. The van der Waals surface area contributed by atoms with Crippen LogP contribution in [0.2, 0.25) is 0 Å². The van der Waals surface area contributed by atoms with Crippen molar-refractivity contribution >= 4 is 15.9 Å². The van der Waals surface area contributed by atoms with Gasteiger partial charge in [-0.15, -0.1) is 0 Å². The van der Waals surface area contributed by atoms with Gasteiger partial charge < -0.3 is 5.32 Å². The van der Waals surface area contributed by atoms with Crippen LogP contribution in [0.5, 0.6) is 0 Å². The highest BCUT2D eigenvalue weighted by Crippen LogP contribution is 2.05. The normalized spacial score (nSPS) is 13.2. The lowest BCUT2D eigenvalue weighted by Crippen LogP contribution is -2.49. The lowest BCUT2D eigenvalue weighted by molar-refractivity contribution is -0.123. The average molecular weight is 299 g/mol. The maximum atomic E-state index is 12.1. The van der Waals surface area contributed by atoms with Gasteiger partial charge in [0.15, 0.2) is 0 Å². The molecule has 0 saturated heterocycles. The largest absolute Gasteiger partial charge is 0.351 e. The van der Waals surface area contributed by atoms with Gasteiger partial charge in [0.2, 0.25) is 15.9 Å². The number of amides is 1. The van der Waals surface area contributed by atoms with Gasteiger partial charge in [-0.3, -0.25) is 9.78 Å². The molecule has 7 heteroatoms. The van der Waals surface area contributed by atoms with E-state index in [1.807, 2.05) is 6.07 Å². The van der Waals surface area contributed by atoms with Crippen molar-refractivity contribution in [2.75, 3.05) is 5.75 Å². The predicted octanol–water partition coefficient (Wildman–Crippen LogP) is 0.662. The number of aromatic nitrogens is 1. The van der Waals surface area contributed by atoms with E-state index in [-0.39, 0.29) is 17.6 Å². The SMILES string of the molecule is CCS(=O)(=O)N[C@@H](C(=O)NCc1cccnc1)C(C)C. The molecule has 0 aliphatic heterocycles. The van der Waals surface area contributed by atoms with Gasteiger partial charge in [-0.1, -0.05) is 19.9 Å². The summed E-state index contributed by atoms with van der Waals surface area (Å²) >= 11 is 0. The molecule has 0 bridgehead atoms. The fourth-order valence-corrected chi connectivity index (χ4v) is 2.50. The van der Waals surface area contributed by atoms with E-state index in [1.165, 1.54) is 6.92 Å². The van der Waals surface area contributed by atoms with Crippen LogP contribution in [-0.2, 0) is 21.4 Å². The second kappa shape index (κ2) is 7.35. The lowest BCUT2D eigenvalue weighted by Gasteiger charge is -2.21. The van der Waals surface area contributed by atoms with Gasteiger partial charge in [0.1, 0.15) is 6.04 Å². The fourth-order valence-electron chi connectivity index (χ4n) is 1.57. The maximum absolute atomic E-state index is 12.1. The molecule has 0 saturated carbocycles. The minimum Gasteiger partial charge on any atom is -0.351 e. The second-order valence-corrected chi connectivity index (χ2v) is 6.86. The van der Waals surface area contributed by atoms with Crippen LogP contribution in [0.15, 0.2) is 24.5 Å². The van der Waals surface area contributed by atoms with E-state index in [2.05, 4.69) is 15.0 Å². The first-order valence-corrected chi connectivity index (χ1v) is 8.17. The van der Waals surface area contributed by atoms with Gasteiger partial charge >= 0.3 is 0 Å². The van der Waals surface area contributed by atoms with Crippen molar-refractivity contribution in [3.05, 3.63) is 30.1 Å². The van der Waals surface area contributed by atoms with E-state index in [1.54, 1.807) is 32.3 Å². The van der Waals surface area contributed by atoms with E-state index in [4.69, 9.17) is 0 Å². The van der Waals surface area contributed by atoms with Gasteiger partial charge in [0.25, 0.3) is 0 Å². The van der Waals surface area contributed by atoms with Crippen molar-refractivity contribution in [1.29, 1.82) is 0 Å². The zero-order chi connectivity index (χ0) is 15.2. The summed E-state index contributed by atoms with van der Waals surface area (Å²) in [7, 11) is -3.41. The van der Waals surface area contributed by atoms with Gasteiger partial charge in [-0.2, -0.15) is 0 Å². The Balaban J connectivity index is 2.66. The van der Waals surface area contributed by atoms with Crippen molar-refractivity contribution in [2.45, 2.75) is 33.4 Å². The summed E-state index contributed by atoms with van der Waals surface area (Å²) in [5.41, 5.74) is 0.863. The molecule has 0 aromatic carbocycles. The quantitative estimate of drug-likeness (QED) is 0.774. The molecule has 0 fully saturated rings. The molecule has 0 radical (unpaired) electrons. The Morgan fingerprint density at radius 2 is 2.10 bits per heavy atom. The summed E-state index contributed by atoms with van der Waals surface area (Å²) in [5.74, 6) is -0.516. The number of rotatable bonds is 7. The molecule has 0 spiro atoms. The Labute approximate surface area is 120 Å². The van der Waals surface area contributed by atoms with E-state index in [0.717, 1.165) is 5.56 Å². The summed E-state index contributed by atoms with van der Waals surface area (Å²) in [6.45, 7) is 5.45. The van der Waals surface area contributed by atoms with Crippen LogP contribution in [-0.4, -0.2) is 31.1 Å². The molecular weight excluding hydrogens is 278 g/mol. The van der Waals surface area contributed by atoms with Crippen LogP contribution in [0.25, 0.3) is 0 Å². The van der Waals surface area contributed by atoms with Gasteiger partial charge in [0, 0.05) is 18.9 Å².